The summed E-state index contributed by atoms with van der Waals surface area (Å²) < 4.78 is 13.4. The van der Waals surface area contributed by atoms with Crippen molar-refractivity contribution in [3.05, 3.63) is 47.5 Å². The van der Waals surface area contributed by atoms with Crippen LogP contribution < -0.4 is 0 Å². The van der Waals surface area contributed by atoms with E-state index in [0.717, 1.165) is 0 Å². The van der Waals surface area contributed by atoms with Crippen molar-refractivity contribution in [2.24, 2.45) is 0 Å². The molecule has 0 N–H and O–H groups in total. The number of benzene rings is 1. The van der Waals surface area contributed by atoms with Gasteiger partial charge in [0.05, 0.1) is 0 Å². The Hall–Kier alpha value is -1.11. The van der Waals surface area contributed by atoms with Gasteiger partial charge in [-0.1, -0.05) is 43.3 Å². The molecule has 1 heteroatoms. The number of rotatable bonds is 4. The van der Waals surface area contributed by atoms with Crippen LogP contribution in [-0.2, 0) is 0 Å². The van der Waals surface area contributed by atoms with E-state index in [0.29, 0.717) is 12.0 Å². The first kappa shape index (κ1) is 12.0. The van der Waals surface area contributed by atoms with E-state index in [1.54, 1.807) is 6.92 Å². The summed E-state index contributed by atoms with van der Waals surface area (Å²) in [4.78, 5) is 0. The minimum Gasteiger partial charge on any atom is -0.243 e. The Kier molecular flexibility index (Phi) is 4.07. The van der Waals surface area contributed by atoms with Crippen molar-refractivity contribution in [3.63, 3.8) is 0 Å². The van der Waals surface area contributed by atoms with Gasteiger partial charge in [0.25, 0.3) is 0 Å². The number of alkyl halides is 1. The van der Waals surface area contributed by atoms with Gasteiger partial charge in [0.15, 0.2) is 0 Å². The van der Waals surface area contributed by atoms with Gasteiger partial charge in [0, 0.05) is 0 Å². The highest BCUT2D eigenvalue weighted by Crippen LogP contribution is 2.24. The van der Waals surface area contributed by atoms with Crippen molar-refractivity contribution >= 4 is 0 Å². The average Bonchev–Trinajstić information content (AvgIpc) is 2.18. The van der Waals surface area contributed by atoms with E-state index in [1.165, 1.54) is 11.1 Å². The van der Waals surface area contributed by atoms with E-state index in [-0.39, 0.29) is 5.92 Å². The van der Waals surface area contributed by atoms with E-state index in [2.05, 4.69) is 44.7 Å². The highest BCUT2D eigenvalue weighted by atomic mass is 19.1. The highest BCUT2D eigenvalue weighted by molar-refractivity contribution is 5.24. The van der Waals surface area contributed by atoms with E-state index >= 15 is 0 Å². The third kappa shape index (κ3) is 3.50. The molecule has 2 atom stereocenters. The van der Waals surface area contributed by atoms with Crippen molar-refractivity contribution in [2.45, 2.75) is 39.3 Å². The third-order valence-corrected chi connectivity index (χ3v) is 2.74. The lowest BCUT2D eigenvalue weighted by Crippen LogP contribution is -2.06. The highest BCUT2D eigenvalue weighted by Gasteiger charge is 2.13. The quantitative estimate of drug-likeness (QED) is 0.640. The maximum absolute atomic E-state index is 13.4. The molecule has 0 heterocycles. The van der Waals surface area contributed by atoms with Crippen molar-refractivity contribution in [2.75, 3.05) is 0 Å². The zero-order valence-electron chi connectivity index (χ0n) is 9.76. The molecule has 0 spiro atoms. The lowest BCUT2D eigenvalue weighted by atomic mass is 9.93. The van der Waals surface area contributed by atoms with Crippen LogP contribution in [0.1, 0.15) is 37.3 Å². The van der Waals surface area contributed by atoms with Crippen molar-refractivity contribution in [3.8, 4) is 0 Å². The average molecular weight is 206 g/mol. The van der Waals surface area contributed by atoms with Crippen molar-refractivity contribution in [1.82, 2.24) is 0 Å². The molecule has 0 saturated carbocycles. The molecule has 82 valence electrons. The molecule has 2 unspecified atom stereocenters. The molecule has 0 nitrogen and oxygen atoms in total. The second-order valence-electron chi connectivity index (χ2n) is 4.36. The molecule has 0 bridgehead atoms. The van der Waals surface area contributed by atoms with Gasteiger partial charge in [-0.05, 0) is 37.3 Å². The minimum atomic E-state index is -0.888. The first-order chi connectivity index (χ1) is 7.00. The van der Waals surface area contributed by atoms with E-state index in [9.17, 15) is 4.39 Å². The molecule has 0 aliphatic rings. The lowest BCUT2D eigenvalue weighted by molar-refractivity contribution is 0.343. The minimum absolute atomic E-state index is 0.247. The standard InChI is InChI=1S/C14H19F/c1-10(2)14(15)9-12(4)13-7-5-11(3)6-8-13/h5-8,12,14H,1,9H2,2-4H3. The molecule has 0 aliphatic heterocycles. The van der Waals surface area contributed by atoms with Crippen LogP contribution in [0.2, 0.25) is 0 Å². The largest absolute Gasteiger partial charge is 0.243 e. The van der Waals surface area contributed by atoms with Crippen LogP contribution in [0.5, 0.6) is 0 Å². The Labute approximate surface area is 91.8 Å². The Bertz CT molecular complexity index is 324. The fraction of sp³-hybridized carbons (Fsp3) is 0.429. The fourth-order valence-electron chi connectivity index (χ4n) is 1.54. The smallest absolute Gasteiger partial charge is 0.121 e. The predicted molar refractivity (Wildman–Crippen MR) is 63.9 cm³/mol. The van der Waals surface area contributed by atoms with Gasteiger partial charge in [-0.3, -0.25) is 0 Å². The number of allylic oxidation sites excluding steroid dienone is 1. The van der Waals surface area contributed by atoms with Gasteiger partial charge in [-0.15, -0.1) is 0 Å². The summed E-state index contributed by atoms with van der Waals surface area (Å²) in [5.74, 6) is 0.247. The zero-order chi connectivity index (χ0) is 11.4. The lowest BCUT2D eigenvalue weighted by Gasteiger charge is -2.15. The first-order valence-electron chi connectivity index (χ1n) is 5.36. The summed E-state index contributed by atoms with van der Waals surface area (Å²) in [6.45, 7) is 9.50. The van der Waals surface area contributed by atoms with E-state index < -0.39 is 6.17 Å². The molecule has 1 aromatic rings. The zero-order valence-corrected chi connectivity index (χ0v) is 9.76. The maximum atomic E-state index is 13.4. The number of hydrogen-bond acceptors (Lipinski definition) is 0. The van der Waals surface area contributed by atoms with Crippen LogP contribution in [-0.4, -0.2) is 6.17 Å². The van der Waals surface area contributed by atoms with Gasteiger partial charge in [-0.2, -0.15) is 0 Å². The Morgan fingerprint density at radius 1 is 1.33 bits per heavy atom. The van der Waals surface area contributed by atoms with Crippen LogP contribution in [0.3, 0.4) is 0 Å². The summed E-state index contributed by atoms with van der Waals surface area (Å²) in [7, 11) is 0. The van der Waals surface area contributed by atoms with Crippen LogP contribution in [0, 0.1) is 6.92 Å². The monoisotopic (exact) mass is 206 g/mol. The molecule has 0 radical (unpaired) electrons. The second-order valence-corrected chi connectivity index (χ2v) is 4.36. The molecule has 0 fully saturated rings. The molecule has 0 aliphatic carbocycles. The predicted octanol–water partition coefficient (Wildman–Crippen LogP) is 4.40. The Morgan fingerprint density at radius 2 is 1.87 bits per heavy atom. The van der Waals surface area contributed by atoms with Crippen LogP contribution >= 0.6 is 0 Å². The van der Waals surface area contributed by atoms with Crippen LogP contribution in [0.25, 0.3) is 0 Å². The first-order valence-corrected chi connectivity index (χ1v) is 5.36. The summed E-state index contributed by atoms with van der Waals surface area (Å²) in [5.41, 5.74) is 3.06. The number of hydrogen-bond donors (Lipinski definition) is 0. The fourth-order valence-corrected chi connectivity index (χ4v) is 1.54. The summed E-state index contributed by atoms with van der Waals surface area (Å²) in [5, 5.41) is 0. The molecular weight excluding hydrogens is 187 g/mol. The van der Waals surface area contributed by atoms with Crippen molar-refractivity contribution < 1.29 is 4.39 Å². The normalized spacial score (nSPS) is 14.7. The van der Waals surface area contributed by atoms with Crippen LogP contribution in [0.15, 0.2) is 36.4 Å². The molecule has 0 amide bonds. The Morgan fingerprint density at radius 3 is 2.33 bits per heavy atom. The summed E-state index contributed by atoms with van der Waals surface area (Å²) >= 11 is 0. The number of aryl methyl sites for hydroxylation is 1. The molecular formula is C14H19F. The van der Waals surface area contributed by atoms with Gasteiger partial charge in [0.2, 0.25) is 0 Å². The number of halogens is 1. The van der Waals surface area contributed by atoms with Gasteiger partial charge in [0.1, 0.15) is 6.17 Å². The molecule has 1 rings (SSSR count). The SMILES string of the molecule is C=C(C)C(F)CC(C)c1ccc(C)cc1. The van der Waals surface area contributed by atoms with Gasteiger partial charge in [-0.25, -0.2) is 4.39 Å². The molecule has 0 saturated heterocycles. The van der Waals surface area contributed by atoms with Crippen molar-refractivity contribution in [1.29, 1.82) is 0 Å². The van der Waals surface area contributed by atoms with E-state index in [1.807, 2.05) is 0 Å². The van der Waals surface area contributed by atoms with Crippen LogP contribution in [0.4, 0.5) is 4.39 Å². The maximum Gasteiger partial charge on any atom is 0.121 e. The second kappa shape index (κ2) is 5.11. The third-order valence-electron chi connectivity index (χ3n) is 2.74. The topological polar surface area (TPSA) is 0 Å². The molecule has 1 aromatic carbocycles. The van der Waals surface area contributed by atoms with Gasteiger partial charge < -0.3 is 0 Å². The summed E-state index contributed by atoms with van der Waals surface area (Å²) in [6, 6.07) is 8.29. The Balaban J connectivity index is 2.64. The van der Waals surface area contributed by atoms with Gasteiger partial charge >= 0.3 is 0 Å². The molecule has 15 heavy (non-hydrogen) atoms. The van der Waals surface area contributed by atoms with E-state index in [4.69, 9.17) is 0 Å². The summed E-state index contributed by atoms with van der Waals surface area (Å²) in [6.07, 6.45) is -0.361. The molecule has 0 aromatic heterocycles.